The van der Waals surface area contributed by atoms with Gasteiger partial charge < -0.3 is 19.9 Å². The van der Waals surface area contributed by atoms with Crippen molar-refractivity contribution in [3.63, 3.8) is 0 Å². The SMILES string of the molecule is O=C(NCc1cccnc1)Nc1ccc(-n2cc(CCN3CCOCC3)c3ccccc32)cc1. The van der Waals surface area contributed by atoms with E-state index in [4.69, 9.17) is 4.74 Å². The summed E-state index contributed by atoms with van der Waals surface area (Å²) in [7, 11) is 0. The summed E-state index contributed by atoms with van der Waals surface area (Å²) in [6.45, 7) is 5.12. The Morgan fingerprint density at radius 1 is 1.00 bits per heavy atom. The van der Waals surface area contributed by atoms with Gasteiger partial charge in [-0.1, -0.05) is 24.3 Å². The Hall–Kier alpha value is -3.68. The lowest BCUT2D eigenvalue weighted by atomic mass is 10.1. The number of nitrogens with one attached hydrogen (secondary N) is 2. The maximum Gasteiger partial charge on any atom is 0.319 e. The molecule has 5 rings (SSSR count). The molecule has 0 unspecified atom stereocenters. The number of rotatable bonds is 7. The van der Waals surface area contributed by atoms with Crippen molar-refractivity contribution in [3.8, 4) is 5.69 Å². The number of para-hydroxylation sites is 1. The minimum absolute atomic E-state index is 0.242. The first-order valence-corrected chi connectivity index (χ1v) is 11.7. The quantitative estimate of drug-likeness (QED) is 0.438. The number of benzene rings is 2. The van der Waals surface area contributed by atoms with E-state index in [0.29, 0.717) is 6.54 Å². The molecule has 4 aromatic rings. The molecule has 2 aromatic carbocycles. The summed E-state index contributed by atoms with van der Waals surface area (Å²) < 4.78 is 7.71. The van der Waals surface area contributed by atoms with E-state index in [1.807, 2.05) is 36.4 Å². The second-order valence-corrected chi connectivity index (χ2v) is 8.46. The van der Waals surface area contributed by atoms with Crippen LogP contribution in [0.25, 0.3) is 16.6 Å². The molecular formula is C27H29N5O2. The average Bonchev–Trinajstić information content (AvgIpc) is 3.27. The van der Waals surface area contributed by atoms with Crippen molar-refractivity contribution in [2.75, 3.05) is 38.2 Å². The normalized spacial score (nSPS) is 14.2. The molecule has 1 aliphatic rings. The minimum Gasteiger partial charge on any atom is -0.379 e. The number of aromatic nitrogens is 2. The van der Waals surface area contributed by atoms with Crippen LogP contribution >= 0.6 is 0 Å². The number of morpholine rings is 1. The molecule has 0 spiro atoms. The maximum absolute atomic E-state index is 12.3. The van der Waals surface area contributed by atoms with Crippen LogP contribution in [-0.2, 0) is 17.7 Å². The van der Waals surface area contributed by atoms with Crippen molar-refractivity contribution in [2.45, 2.75) is 13.0 Å². The first kappa shape index (κ1) is 22.1. The van der Waals surface area contributed by atoms with Crippen LogP contribution in [0.4, 0.5) is 10.5 Å². The highest BCUT2D eigenvalue weighted by atomic mass is 16.5. The van der Waals surface area contributed by atoms with Crippen LogP contribution in [0.1, 0.15) is 11.1 Å². The number of hydrogen-bond acceptors (Lipinski definition) is 4. The fourth-order valence-electron chi connectivity index (χ4n) is 4.33. The number of hydrogen-bond donors (Lipinski definition) is 2. The van der Waals surface area contributed by atoms with Gasteiger partial charge in [-0.15, -0.1) is 0 Å². The second-order valence-electron chi connectivity index (χ2n) is 8.46. The molecule has 1 aliphatic heterocycles. The lowest BCUT2D eigenvalue weighted by Crippen LogP contribution is -2.37. The van der Waals surface area contributed by atoms with E-state index < -0.39 is 0 Å². The van der Waals surface area contributed by atoms with E-state index in [-0.39, 0.29) is 6.03 Å². The molecule has 174 valence electrons. The Kier molecular flexibility index (Phi) is 6.84. The van der Waals surface area contributed by atoms with Crippen LogP contribution in [0.5, 0.6) is 0 Å². The molecule has 1 fully saturated rings. The van der Waals surface area contributed by atoms with Gasteiger partial charge in [-0.2, -0.15) is 0 Å². The van der Waals surface area contributed by atoms with Crippen LogP contribution < -0.4 is 10.6 Å². The number of carbonyl (C=O) groups excluding carboxylic acids is 1. The highest BCUT2D eigenvalue weighted by Gasteiger charge is 2.14. The summed E-state index contributed by atoms with van der Waals surface area (Å²) in [4.78, 5) is 18.8. The van der Waals surface area contributed by atoms with Crippen molar-refractivity contribution in [1.29, 1.82) is 0 Å². The molecule has 34 heavy (non-hydrogen) atoms. The highest BCUT2D eigenvalue weighted by Crippen LogP contribution is 2.26. The fraction of sp³-hybridized carbons (Fsp3) is 0.259. The highest BCUT2D eigenvalue weighted by molar-refractivity contribution is 5.89. The molecular weight excluding hydrogens is 426 g/mol. The molecule has 2 N–H and O–H groups in total. The topological polar surface area (TPSA) is 71.4 Å². The molecule has 0 atom stereocenters. The Balaban J connectivity index is 1.26. The van der Waals surface area contributed by atoms with Gasteiger partial charge in [-0.05, 0) is 53.9 Å². The van der Waals surface area contributed by atoms with Crippen LogP contribution in [-0.4, -0.2) is 53.3 Å². The zero-order valence-corrected chi connectivity index (χ0v) is 19.1. The average molecular weight is 456 g/mol. The lowest BCUT2D eigenvalue weighted by Gasteiger charge is -2.26. The summed E-state index contributed by atoms with van der Waals surface area (Å²) in [6, 6.07) is 20.0. The van der Waals surface area contributed by atoms with Gasteiger partial charge in [0, 0.05) is 61.5 Å². The van der Waals surface area contributed by atoms with Crippen LogP contribution in [0.3, 0.4) is 0 Å². The van der Waals surface area contributed by atoms with Crippen LogP contribution in [0, 0.1) is 0 Å². The van der Waals surface area contributed by atoms with Gasteiger partial charge in [0.1, 0.15) is 0 Å². The van der Waals surface area contributed by atoms with Crippen molar-refractivity contribution < 1.29 is 9.53 Å². The smallest absolute Gasteiger partial charge is 0.319 e. The number of nitrogens with zero attached hydrogens (tertiary/aromatic N) is 3. The van der Waals surface area contributed by atoms with E-state index in [1.165, 1.54) is 16.5 Å². The van der Waals surface area contributed by atoms with Gasteiger partial charge >= 0.3 is 6.03 Å². The molecule has 2 aromatic heterocycles. The summed E-state index contributed by atoms with van der Waals surface area (Å²) in [5.41, 5.74) is 5.30. The Labute approximate surface area is 199 Å². The standard InChI is InChI=1S/C27H29N5O2/c33-27(29-19-21-4-3-12-28-18-21)30-23-7-9-24(10-8-23)32-20-22(25-5-1-2-6-26(25)32)11-13-31-14-16-34-17-15-31/h1-10,12,18,20H,11,13-17,19H2,(H2,29,30,33). The maximum atomic E-state index is 12.3. The molecule has 1 saturated heterocycles. The third-order valence-corrected chi connectivity index (χ3v) is 6.17. The fourth-order valence-corrected chi connectivity index (χ4v) is 4.33. The Bertz CT molecular complexity index is 1230. The van der Waals surface area contributed by atoms with Gasteiger partial charge in [-0.25, -0.2) is 4.79 Å². The monoisotopic (exact) mass is 455 g/mol. The molecule has 0 radical (unpaired) electrons. The number of fused-ring (bicyclic) bond motifs is 1. The van der Waals surface area contributed by atoms with E-state index in [1.54, 1.807) is 12.4 Å². The molecule has 3 heterocycles. The van der Waals surface area contributed by atoms with Crippen LogP contribution in [0.2, 0.25) is 0 Å². The molecule has 2 amide bonds. The van der Waals surface area contributed by atoms with Gasteiger partial charge in [0.25, 0.3) is 0 Å². The Morgan fingerprint density at radius 3 is 2.62 bits per heavy atom. The predicted molar refractivity (Wildman–Crippen MR) is 134 cm³/mol. The minimum atomic E-state index is -0.242. The molecule has 0 saturated carbocycles. The van der Waals surface area contributed by atoms with Crippen LogP contribution in [0.15, 0.2) is 79.3 Å². The van der Waals surface area contributed by atoms with Crippen molar-refractivity contribution >= 4 is 22.6 Å². The summed E-state index contributed by atoms with van der Waals surface area (Å²) in [6.07, 6.45) is 6.70. The van der Waals surface area contributed by atoms with Gasteiger partial charge in [0.2, 0.25) is 0 Å². The van der Waals surface area contributed by atoms with E-state index in [9.17, 15) is 4.79 Å². The number of carbonyl (C=O) groups is 1. The molecule has 7 heteroatoms. The number of anilines is 1. The van der Waals surface area contributed by atoms with E-state index >= 15 is 0 Å². The second kappa shape index (κ2) is 10.5. The summed E-state index contributed by atoms with van der Waals surface area (Å²) in [5.74, 6) is 0. The zero-order valence-electron chi connectivity index (χ0n) is 19.1. The molecule has 7 nitrogen and oxygen atoms in total. The first-order valence-electron chi connectivity index (χ1n) is 11.7. The predicted octanol–water partition coefficient (Wildman–Crippen LogP) is 4.22. The molecule has 0 aliphatic carbocycles. The number of pyridine rings is 1. The number of urea groups is 1. The zero-order chi connectivity index (χ0) is 23.2. The third-order valence-electron chi connectivity index (χ3n) is 6.17. The van der Waals surface area contributed by atoms with E-state index in [2.05, 4.69) is 55.5 Å². The number of ether oxygens (including phenoxy) is 1. The van der Waals surface area contributed by atoms with Gasteiger partial charge in [-0.3, -0.25) is 9.88 Å². The van der Waals surface area contributed by atoms with Crippen molar-refractivity contribution in [2.24, 2.45) is 0 Å². The number of amides is 2. The van der Waals surface area contributed by atoms with E-state index in [0.717, 1.165) is 56.2 Å². The van der Waals surface area contributed by atoms with Crippen molar-refractivity contribution in [1.82, 2.24) is 19.8 Å². The Morgan fingerprint density at radius 2 is 1.82 bits per heavy atom. The summed E-state index contributed by atoms with van der Waals surface area (Å²) >= 11 is 0. The lowest BCUT2D eigenvalue weighted by molar-refractivity contribution is 0.0385. The largest absolute Gasteiger partial charge is 0.379 e. The van der Waals surface area contributed by atoms with Gasteiger partial charge in [0.15, 0.2) is 0 Å². The van der Waals surface area contributed by atoms with Gasteiger partial charge in [0.05, 0.1) is 18.7 Å². The molecule has 0 bridgehead atoms. The summed E-state index contributed by atoms with van der Waals surface area (Å²) in [5, 5.41) is 7.03. The third kappa shape index (κ3) is 5.27. The van der Waals surface area contributed by atoms with Crippen molar-refractivity contribution in [3.05, 3.63) is 90.4 Å². The first-order chi connectivity index (χ1) is 16.8.